The van der Waals surface area contributed by atoms with Gasteiger partial charge < -0.3 is 14.0 Å². The summed E-state index contributed by atoms with van der Waals surface area (Å²) in [4.78, 5) is 23.3. The Kier molecular flexibility index (Phi) is 3.63. The molecule has 0 bridgehead atoms. The highest BCUT2D eigenvalue weighted by Crippen LogP contribution is 2.39. The van der Waals surface area contributed by atoms with E-state index in [2.05, 4.69) is 20.0 Å². The molecule has 7 heteroatoms. The maximum absolute atomic E-state index is 12.4. The van der Waals surface area contributed by atoms with Crippen molar-refractivity contribution in [1.29, 1.82) is 0 Å². The molecule has 3 heterocycles. The molecule has 0 radical (unpaired) electrons. The Labute approximate surface area is 134 Å². The first-order valence-corrected chi connectivity index (χ1v) is 8.40. The fourth-order valence-corrected chi connectivity index (χ4v) is 3.16. The quantitative estimate of drug-likeness (QED) is 0.857. The van der Waals surface area contributed by atoms with Crippen LogP contribution < -0.4 is 10.5 Å². The molecule has 0 spiro atoms. The van der Waals surface area contributed by atoms with E-state index in [-0.39, 0.29) is 5.56 Å². The van der Waals surface area contributed by atoms with Gasteiger partial charge in [-0.3, -0.25) is 4.79 Å². The van der Waals surface area contributed by atoms with Crippen LogP contribution in [-0.4, -0.2) is 32.8 Å². The molecule has 23 heavy (non-hydrogen) atoms. The van der Waals surface area contributed by atoms with Gasteiger partial charge in [0, 0.05) is 43.9 Å². The molecular weight excluding hydrogens is 294 g/mol. The summed E-state index contributed by atoms with van der Waals surface area (Å²) in [5, 5.41) is 4.16. The third-order valence-corrected chi connectivity index (χ3v) is 4.78. The summed E-state index contributed by atoms with van der Waals surface area (Å²) in [6, 6.07) is 0. The second-order valence-electron chi connectivity index (χ2n) is 6.37. The normalized spacial score (nSPS) is 19.3. The predicted octanol–water partition coefficient (Wildman–Crippen LogP) is 1.91. The summed E-state index contributed by atoms with van der Waals surface area (Å²) < 4.78 is 7.05. The van der Waals surface area contributed by atoms with Crippen LogP contribution in [0.3, 0.4) is 0 Å². The highest BCUT2D eigenvalue weighted by molar-refractivity contribution is 5.36. The average molecular weight is 315 g/mol. The Morgan fingerprint density at radius 2 is 2.00 bits per heavy atom. The van der Waals surface area contributed by atoms with E-state index >= 15 is 0 Å². The van der Waals surface area contributed by atoms with E-state index in [4.69, 9.17) is 4.52 Å². The SMILES string of the molecule is CCn1ccnc(N2CCC(c3noc(C4CC4)n3)CC2)c1=O. The van der Waals surface area contributed by atoms with Crippen LogP contribution in [0.2, 0.25) is 0 Å². The van der Waals surface area contributed by atoms with Crippen molar-refractivity contribution < 1.29 is 4.52 Å². The van der Waals surface area contributed by atoms with E-state index in [1.807, 2.05) is 6.92 Å². The van der Waals surface area contributed by atoms with Gasteiger partial charge >= 0.3 is 0 Å². The second-order valence-corrected chi connectivity index (χ2v) is 6.37. The molecule has 1 aliphatic heterocycles. The summed E-state index contributed by atoms with van der Waals surface area (Å²) in [6.45, 7) is 4.23. The lowest BCUT2D eigenvalue weighted by molar-refractivity contribution is 0.364. The number of hydrogen-bond acceptors (Lipinski definition) is 6. The fraction of sp³-hybridized carbons (Fsp3) is 0.625. The topological polar surface area (TPSA) is 77.1 Å². The Balaban J connectivity index is 1.45. The number of rotatable bonds is 4. The van der Waals surface area contributed by atoms with Crippen LogP contribution in [0.1, 0.15) is 56.2 Å². The first-order valence-electron chi connectivity index (χ1n) is 8.40. The largest absolute Gasteiger partial charge is 0.352 e. The first-order chi connectivity index (χ1) is 11.3. The molecule has 2 aliphatic rings. The smallest absolute Gasteiger partial charge is 0.293 e. The van der Waals surface area contributed by atoms with Gasteiger partial charge in [-0.15, -0.1) is 0 Å². The molecule has 1 aliphatic carbocycles. The van der Waals surface area contributed by atoms with E-state index in [0.29, 0.717) is 24.2 Å². The fourth-order valence-electron chi connectivity index (χ4n) is 3.16. The molecule has 4 rings (SSSR count). The van der Waals surface area contributed by atoms with Crippen molar-refractivity contribution in [3.8, 4) is 0 Å². The Morgan fingerprint density at radius 3 is 2.70 bits per heavy atom. The lowest BCUT2D eigenvalue weighted by atomic mass is 9.96. The molecular formula is C16H21N5O2. The van der Waals surface area contributed by atoms with Crippen LogP contribution >= 0.6 is 0 Å². The highest BCUT2D eigenvalue weighted by Gasteiger charge is 2.32. The van der Waals surface area contributed by atoms with Crippen LogP contribution in [-0.2, 0) is 6.54 Å². The van der Waals surface area contributed by atoms with E-state index < -0.39 is 0 Å². The monoisotopic (exact) mass is 315 g/mol. The van der Waals surface area contributed by atoms with Crippen LogP contribution in [0.25, 0.3) is 0 Å². The van der Waals surface area contributed by atoms with Crippen LogP contribution in [0.5, 0.6) is 0 Å². The van der Waals surface area contributed by atoms with Crippen molar-refractivity contribution in [3.63, 3.8) is 0 Å². The molecule has 7 nitrogen and oxygen atoms in total. The first kappa shape index (κ1) is 14.4. The van der Waals surface area contributed by atoms with E-state index in [1.165, 1.54) is 12.8 Å². The zero-order valence-electron chi connectivity index (χ0n) is 13.3. The van der Waals surface area contributed by atoms with Gasteiger partial charge in [-0.2, -0.15) is 4.98 Å². The molecule has 1 saturated heterocycles. The van der Waals surface area contributed by atoms with Gasteiger partial charge in [0.1, 0.15) is 0 Å². The number of nitrogens with zero attached hydrogens (tertiary/aromatic N) is 5. The van der Waals surface area contributed by atoms with Crippen LogP contribution in [0.4, 0.5) is 5.82 Å². The Hall–Kier alpha value is -2.18. The molecule has 0 amide bonds. The molecule has 2 fully saturated rings. The van der Waals surface area contributed by atoms with Gasteiger partial charge in [0.25, 0.3) is 5.56 Å². The zero-order valence-corrected chi connectivity index (χ0v) is 13.3. The molecule has 122 valence electrons. The maximum atomic E-state index is 12.4. The van der Waals surface area contributed by atoms with Crippen molar-refractivity contribution in [3.05, 3.63) is 34.5 Å². The highest BCUT2D eigenvalue weighted by atomic mass is 16.5. The summed E-state index contributed by atoms with van der Waals surface area (Å²) in [7, 11) is 0. The third kappa shape index (κ3) is 2.75. The van der Waals surface area contributed by atoms with Gasteiger partial charge in [-0.1, -0.05) is 5.16 Å². The Morgan fingerprint density at radius 1 is 1.22 bits per heavy atom. The lowest BCUT2D eigenvalue weighted by Crippen LogP contribution is -2.38. The molecule has 0 aromatic carbocycles. The minimum absolute atomic E-state index is 0.0102. The molecule has 0 atom stereocenters. The van der Waals surface area contributed by atoms with E-state index in [0.717, 1.165) is 37.6 Å². The summed E-state index contributed by atoms with van der Waals surface area (Å²) in [6.07, 6.45) is 7.62. The second kappa shape index (κ2) is 5.79. The molecule has 0 N–H and O–H groups in total. The van der Waals surface area contributed by atoms with Crippen LogP contribution in [0, 0.1) is 0 Å². The predicted molar refractivity (Wildman–Crippen MR) is 84.6 cm³/mol. The number of aromatic nitrogens is 4. The number of hydrogen-bond donors (Lipinski definition) is 0. The van der Waals surface area contributed by atoms with Crippen molar-refractivity contribution in [2.24, 2.45) is 0 Å². The molecule has 1 saturated carbocycles. The van der Waals surface area contributed by atoms with Crippen molar-refractivity contribution in [2.75, 3.05) is 18.0 Å². The van der Waals surface area contributed by atoms with Gasteiger partial charge in [-0.05, 0) is 32.6 Å². The maximum Gasteiger partial charge on any atom is 0.293 e. The molecule has 2 aromatic heterocycles. The molecule has 0 unspecified atom stereocenters. The molecule has 2 aromatic rings. The van der Waals surface area contributed by atoms with E-state index in [9.17, 15) is 4.79 Å². The van der Waals surface area contributed by atoms with Crippen molar-refractivity contribution in [1.82, 2.24) is 19.7 Å². The Bertz CT molecular complexity index is 741. The lowest BCUT2D eigenvalue weighted by Gasteiger charge is -2.31. The number of aryl methyl sites for hydroxylation is 1. The van der Waals surface area contributed by atoms with Crippen LogP contribution in [0.15, 0.2) is 21.7 Å². The van der Waals surface area contributed by atoms with Gasteiger partial charge in [0.15, 0.2) is 11.6 Å². The summed E-state index contributed by atoms with van der Waals surface area (Å²) in [5.74, 6) is 3.01. The minimum atomic E-state index is -0.0102. The van der Waals surface area contributed by atoms with Gasteiger partial charge in [0.2, 0.25) is 5.89 Å². The zero-order chi connectivity index (χ0) is 15.8. The number of anilines is 1. The summed E-state index contributed by atoms with van der Waals surface area (Å²) >= 11 is 0. The van der Waals surface area contributed by atoms with Crippen molar-refractivity contribution >= 4 is 5.82 Å². The third-order valence-electron chi connectivity index (χ3n) is 4.78. The minimum Gasteiger partial charge on any atom is -0.352 e. The number of piperidine rings is 1. The van der Waals surface area contributed by atoms with Gasteiger partial charge in [0.05, 0.1) is 0 Å². The van der Waals surface area contributed by atoms with E-state index in [1.54, 1.807) is 17.0 Å². The standard InChI is InChI=1S/C16H21N5O2/c1-2-20-10-7-17-14(16(20)22)21-8-5-11(6-9-21)13-18-15(23-19-13)12-3-4-12/h7,10-12H,2-6,8-9H2,1H3. The van der Waals surface area contributed by atoms with Gasteiger partial charge in [-0.25, -0.2) is 4.98 Å². The summed E-state index contributed by atoms with van der Waals surface area (Å²) in [5.41, 5.74) is -0.0102. The van der Waals surface area contributed by atoms with Crippen molar-refractivity contribution in [2.45, 2.75) is 51.0 Å². The average Bonchev–Trinajstić information content (AvgIpc) is 3.33.